The molecule has 0 saturated heterocycles. The minimum absolute atomic E-state index is 0.448. The summed E-state index contributed by atoms with van der Waals surface area (Å²) in [7, 11) is 3.06. The summed E-state index contributed by atoms with van der Waals surface area (Å²) in [5.41, 5.74) is 0. The van der Waals surface area contributed by atoms with Crippen molar-refractivity contribution in [2.75, 3.05) is 27.4 Å². The van der Waals surface area contributed by atoms with E-state index in [1.807, 2.05) is 6.92 Å². The first kappa shape index (κ1) is 15.5. The van der Waals surface area contributed by atoms with Crippen LogP contribution >= 0.6 is 0 Å². The van der Waals surface area contributed by atoms with Crippen molar-refractivity contribution < 1.29 is 24.0 Å². The highest BCUT2D eigenvalue weighted by Gasteiger charge is 2.26. The largest absolute Gasteiger partial charge is 0.382 e. The van der Waals surface area contributed by atoms with E-state index in [4.69, 9.17) is 14.4 Å². The quantitative estimate of drug-likeness (QED) is 0.179. The molecule has 1 atom stereocenters. The van der Waals surface area contributed by atoms with E-state index in [-0.39, 0.29) is 0 Å². The van der Waals surface area contributed by atoms with Crippen LogP contribution in [0.15, 0.2) is 0 Å². The molecule has 0 amide bonds. The van der Waals surface area contributed by atoms with Gasteiger partial charge in [-0.3, -0.25) is 0 Å². The van der Waals surface area contributed by atoms with Crippen molar-refractivity contribution in [3.63, 3.8) is 0 Å². The van der Waals surface area contributed by atoms with Gasteiger partial charge >= 0.3 is 0 Å². The summed E-state index contributed by atoms with van der Waals surface area (Å²) in [5.74, 6) is -0.768. The number of methoxy groups -OCH3 is 1. The molecular weight excluding hydrogens is 212 g/mol. The highest BCUT2D eigenvalue weighted by molar-refractivity contribution is 5.48. The van der Waals surface area contributed by atoms with E-state index in [2.05, 4.69) is 4.89 Å². The van der Waals surface area contributed by atoms with E-state index in [1.165, 1.54) is 7.11 Å². The molecule has 0 aromatic carbocycles. The first-order chi connectivity index (χ1) is 7.68. The molecule has 0 saturated carbocycles. The standard InChI is InChI=1S/C11H22O5/c1-11(16-14-3,15-10-9-13-2)7-5-4-6-8-12/h8H,4-7,9-10H2,1-3H3. The van der Waals surface area contributed by atoms with Crippen LogP contribution in [0.3, 0.4) is 0 Å². The second-order valence-corrected chi connectivity index (χ2v) is 3.64. The normalized spacial score (nSPS) is 14.7. The average Bonchev–Trinajstić information content (AvgIpc) is 2.25. The third-order valence-electron chi connectivity index (χ3n) is 2.16. The number of carbonyl (C=O) groups excluding carboxylic acids is 1. The van der Waals surface area contributed by atoms with Crippen LogP contribution in [0.2, 0.25) is 0 Å². The molecule has 0 radical (unpaired) electrons. The first-order valence-corrected chi connectivity index (χ1v) is 5.47. The molecule has 0 fully saturated rings. The Balaban J connectivity index is 3.85. The van der Waals surface area contributed by atoms with Crippen molar-refractivity contribution in [3.8, 4) is 0 Å². The maximum absolute atomic E-state index is 10.2. The molecule has 0 heterocycles. The summed E-state index contributed by atoms with van der Waals surface area (Å²) in [4.78, 5) is 19.9. The fraction of sp³-hybridized carbons (Fsp3) is 0.909. The van der Waals surface area contributed by atoms with Crippen LogP contribution in [0.1, 0.15) is 32.6 Å². The molecule has 0 aromatic rings. The van der Waals surface area contributed by atoms with Gasteiger partial charge < -0.3 is 14.3 Å². The lowest BCUT2D eigenvalue weighted by Crippen LogP contribution is -2.33. The average molecular weight is 234 g/mol. The zero-order valence-corrected chi connectivity index (χ0v) is 10.4. The van der Waals surface area contributed by atoms with Crippen LogP contribution in [0.5, 0.6) is 0 Å². The van der Waals surface area contributed by atoms with E-state index < -0.39 is 5.79 Å². The van der Waals surface area contributed by atoms with Crippen LogP contribution in [0.25, 0.3) is 0 Å². The Hall–Kier alpha value is -0.490. The lowest BCUT2D eigenvalue weighted by Gasteiger charge is -2.27. The fourth-order valence-corrected chi connectivity index (χ4v) is 1.33. The van der Waals surface area contributed by atoms with E-state index in [1.54, 1.807) is 7.11 Å². The zero-order valence-electron chi connectivity index (χ0n) is 10.4. The summed E-state index contributed by atoms with van der Waals surface area (Å²) in [6.07, 6.45) is 3.85. The lowest BCUT2D eigenvalue weighted by atomic mass is 10.1. The lowest BCUT2D eigenvalue weighted by molar-refractivity contribution is -0.414. The number of unbranched alkanes of at least 4 members (excludes halogenated alkanes) is 2. The molecule has 96 valence electrons. The third-order valence-corrected chi connectivity index (χ3v) is 2.16. The predicted molar refractivity (Wildman–Crippen MR) is 58.9 cm³/mol. The Morgan fingerprint density at radius 3 is 2.50 bits per heavy atom. The van der Waals surface area contributed by atoms with Gasteiger partial charge in [-0.15, -0.1) is 0 Å². The Labute approximate surface area is 96.9 Å². The van der Waals surface area contributed by atoms with Crippen molar-refractivity contribution in [1.82, 2.24) is 0 Å². The summed E-state index contributed by atoms with van der Waals surface area (Å²) in [5, 5.41) is 0. The topological polar surface area (TPSA) is 54.0 Å². The zero-order chi connectivity index (χ0) is 12.3. The van der Waals surface area contributed by atoms with Crippen LogP contribution < -0.4 is 0 Å². The molecule has 0 bridgehead atoms. The Morgan fingerprint density at radius 2 is 1.94 bits per heavy atom. The minimum atomic E-state index is -0.768. The van der Waals surface area contributed by atoms with E-state index in [0.717, 1.165) is 19.1 Å². The summed E-state index contributed by atoms with van der Waals surface area (Å²) >= 11 is 0. The number of carbonyl (C=O) groups is 1. The molecule has 1 unspecified atom stereocenters. The van der Waals surface area contributed by atoms with Crippen LogP contribution in [0, 0.1) is 0 Å². The third kappa shape index (κ3) is 7.76. The van der Waals surface area contributed by atoms with Gasteiger partial charge in [0.05, 0.1) is 20.3 Å². The molecular formula is C11H22O5. The van der Waals surface area contributed by atoms with Gasteiger partial charge in [0, 0.05) is 20.0 Å². The van der Waals surface area contributed by atoms with Gasteiger partial charge in [-0.2, -0.15) is 0 Å². The highest BCUT2D eigenvalue weighted by Crippen LogP contribution is 2.21. The monoisotopic (exact) mass is 234 g/mol. The fourth-order valence-electron chi connectivity index (χ4n) is 1.33. The number of rotatable bonds is 11. The van der Waals surface area contributed by atoms with Gasteiger partial charge in [0.2, 0.25) is 0 Å². The number of ether oxygens (including phenoxy) is 2. The summed E-state index contributed by atoms with van der Waals surface area (Å²) in [6.45, 7) is 2.77. The Kier molecular flexibility index (Phi) is 9.42. The van der Waals surface area contributed by atoms with Gasteiger partial charge in [0.25, 0.3) is 0 Å². The first-order valence-electron chi connectivity index (χ1n) is 5.47. The second kappa shape index (κ2) is 9.72. The van der Waals surface area contributed by atoms with Crippen LogP contribution in [0.4, 0.5) is 0 Å². The molecule has 0 spiro atoms. The van der Waals surface area contributed by atoms with E-state index in [9.17, 15) is 4.79 Å². The molecule has 0 aliphatic rings. The number of aldehydes is 1. The van der Waals surface area contributed by atoms with E-state index >= 15 is 0 Å². The molecule has 0 aromatic heterocycles. The van der Waals surface area contributed by atoms with Gasteiger partial charge in [-0.05, 0) is 19.8 Å². The van der Waals surface area contributed by atoms with Gasteiger partial charge in [0.1, 0.15) is 6.29 Å². The Morgan fingerprint density at radius 1 is 1.19 bits per heavy atom. The minimum Gasteiger partial charge on any atom is -0.382 e. The second-order valence-electron chi connectivity index (χ2n) is 3.64. The van der Waals surface area contributed by atoms with Crippen molar-refractivity contribution in [3.05, 3.63) is 0 Å². The predicted octanol–water partition coefficient (Wildman–Crippen LogP) is 1.70. The molecule has 0 aliphatic heterocycles. The van der Waals surface area contributed by atoms with Crippen molar-refractivity contribution in [2.24, 2.45) is 0 Å². The highest BCUT2D eigenvalue weighted by atomic mass is 17.2. The molecule has 5 nitrogen and oxygen atoms in total. The SMILES string of the molecule is COCCOC(C)(CCCCC=O)OOC. The maximum atomic E-state index is 10.2. The van der Waals surface area contributed by atoms with Crippen molar-refractivity contribution in [2.45, 2.75) is 38.4 Å². The van der Waals surface area contributed by atoms with E-state index in [0.29, 0.717) is 26.1 Å². The van der Waals surface area contributed by atoms with Crippen LogP contribution in [-0.2, 0) is 24.0 Å². The van der Waals surface area contributed by atoms with Gasteiger partial charge in [0.15, 0.2) is 5.79 Å². The number of hydrogen-bond acceptors (Lipinski definition) is 5. The molecule has 0 rings (SSSR count). The van der Waals surface area contributed by atoms with Gasteiger partial charge in [-0.1, -0.05) is 0 Å². The van der Waals surface area contributed by atoms with Gasteiger partial charge in [-0.25, -0.2) is 9.78 Å². The molecule has 0 N–H and O–H groups in total. The molecule has 0 aliphatic carbocycles. The van der Waals surface area contributed by atoms with Crippen LogP contribution in [-0.4, -0.2) is 39.5 Å². The number of hydrogen-bond donors (Lipinski definition) is 0. The van der Waals surface area contributed by atoms with Crippen molar-refractivity contribution in [1.29, 1.82) is 0 Å². The maximum Gasteiger partial charge on any atom is 0.198 e. The molecule has 16 heavy (non-hydrogen) atoms. The summed E-state index contributed by atoms with van der Waals surface area (Å²) < 4.78 is 10.4. The van der Waals surface area contributed by atoms with Crippen molar-refractivity contribution >= 4 is 6.29 Å². The summed E-state index contributed by atoms with van der Waals surface area (Å²) in [6, 6.07) is 0. The Bertz CT molecular complexity index is 174. The smallest absolute Gasteiger partial charge is 0.198 e. The molecule has 5 heteroatoms.